The second-order valence-electron chi connectivity index (χ2n) is 5.47. The topological polar surface area (TPSA) is 116 Å². The van der Waals surface area contributed by atoms with E-state index >= 15 is 0 Å². The lowest BCUT2D eigenvalue weighted by Crippen LogP contribution is -2.54. The highest BCUT2D eigenvalue weighted by molar-refractivity contribution is 5.80. The number of aliphatic hydroxyl groups is 1. The van der Waals surface area contributed by atoms with Crippen LogP contribution < -0.4 is 10.2 Å². The number of rotatable bonds is 6. The maximum absolute atomic E-state index is 11.6. The maximum atomic E-state index is 11.6. The standard InChI is InChI=1S/C14H20N4O4/c19-11(3-4-12(20)21)17-9-14(22)5-1-8-18(10-14)13-15-6-2-7-16-13/h2,6-7,22H,1,3-5,8-10H2,(H,17,19)(H,20,21)/t14-/m0/s1. The minimum Gasteiger partial charge on any atom is -0.481 e. The number of hydrogen-bond acceptors (Lipinski definition) is 6. The molecule has 1 aromatic rings. The fourth-order valence-corrected chi connectivity index (χ4v) is 2.45. The zero-order valence-corrected chi connectivity index (χ0v) is 12.2. The van der Waals surface area contributed by atoms with Gasteiger partial charge in [0.1, 0.15) is 0 Å². The highest BCUT2D eigenvalue weighted by Crippen LogP contribution is 2.23. The summed E-state index contributed by atoms with van der Waals surface area (Å²) in [6.07, 6.45) is 4.31. The highest BCUT2D eigenvalue weighted by atomic mass is 16.4. The van der Waals surface area contributed by atoms with E-state index in [1.54, 1.807) is 18.5 Å². The monoisotopic (exact) mass is 308 g/mol. The second kappa shape index (κ2) is 7.17. The van der Waals surface area contributed by atoms with Crippen molar-refractivity contribution < 1.29 is 19.8 Å². The third kappa shape index (κ3) is 4.66. The summed E-state index contributed by atoms with van der Waals surface area (Å²) >= 11 is 0. The molecule has 0 spiro atoms. The number of hydrogen-bond donors (Lipinski definition) is 3. The Balaban J connectivity index is 1.87. The Bertz CT molecular complexity index is 525. The largest absolute Gasteiger partial charge is 0.481 e. The predicted octanol–water partition coefficient (Wildman–Crippen LogP) is -0.211. The van der Waals surface area contributed by atoms with Gasteiger partial charge >= 0.3 is 5.97 Å². The van der Waals surface area contributed by atoms with E-state index in [2.05, 4.69) is 15.3 Å². The summed E-state index contributed by atoms with van der Waals surface area (Å²) in [5, 5.41) is 21.7. The Morgan fingerprint density at radius 3 is 2.73 bits per heavy atom. The SMILES string of the molecule is O=C(O)CCC(=O)NC[C@@]1(O)CCCN(c2ncccn2)C1. The van der Waals surface area contributed by atoms with Gasteiger partial charge in [-0.2, -0.15) is 0 Å². The van der Waals surface area contributed by atoms with Crippen LogP contribution in [-0.4, -0.2) is 57.3 Å². The molecule has 1 aliphatic rings. The number of anilines is 1. The zero-order chi connectivity index (χ0) is 16.0. The smallest absolute Gasteiger partial charge is 0.303 e. The molecular formula is C14H20N4O4. The van der Waals surface area contributed by atoms with Crippen molar-refractivity contribution in [1.82, 2.24) is 15.3 Å². The molecule has 1 saturated heterocycles. The third-order valence-electron chi connectivity index (χ3n) is 3.57. The number of carboxylic acids is 1. The Labute approximate surface area is 128 Å². The van der Waals surface area contributed by atoms with Gasteiger partial charge < -0.3 is 20.4 Å². The third-order valence-corrected chi connectivity index (χ3v) is 3.57. The molecule has 0 aromatic carbocycles. The average molecular weight is 308 g/mol. The Hall–Kier alpha value is -2.22. The number of amides is 1. The lowest BCUT2D eigenvalue weighted by molar-refractivity contribution is -0.139. The molecule has 0 unspecified atom stereocenters. The molecule has 0 aliphatic carbocycles. The molecular weight excluding hydrogens is 288 g/mol. The van der Waals surface area contributed by atoms with Crippen LogP contribution in [0, 0.1) is 0 Å². The Kier molecular flexibility index (Phi) is 5.26. The molecule has 0 saturated carbocycles. The molecule has 8 nitrogen and oxygen atoms in total. The average Bonchev–Trinajstić information content (AvgIpc) is 2.52. The fourth-order valence-electron chi connectivity index (χ4n) is 2.45. The lowest BCUT2D eigenvalue weighted by Gasteiger charge is -2.39. The van der Waals surface area contributed by atoms with Crippen molar-refractivity contribution in [3.05, 3.63) is 18.5 Å². The Morgan fingerprint density at radius 1 is 1.32 bits per heavy atom. The predicted molar refractivity (Wildman–Crippen MR) is 78.3 cm³/mol. The molecule has 0 bridgehead atoms. The summed E-state index contributed by atoms with van der Waals surface area (Å²) < 4.78 is 0. The molecule has 1 atom stereocenters. The van der Waals surface area contributed by atoms with Crippen molar-refractivity contribution >= 4 is 17.8 Å². The van der Waals surface area contributed by atoms with E-state index in [1.807, 2.05) is 4.90 Å². The van der Waals surface area contributed by atoms with Gasteiger partial charge in [0.05, 0.1) is 18.6 Å². The van der Waals surface area contributed by atoms with E-state index in [1.165, 1.54) is 0 Å². The molecule has 1 amide bonds. The number of aliphatic carboxylic acids is 1. The van der Waals surface area contributed by atoms with E-state index in [0.717, 1.165) is 13.0 Å². The quantitative estimate of drug-likeness (QED) is 0.666. The van der Waals surface area contributed by atoms with Crippen LogP contribution in [0.5, 0.6) is 0 Å². The van der Waals surface area contributed by atoms with E-state index in [9.17, 15) is 14.7 Å². The van der Waals surface area contributed by atoms with Gasteiger partial charge in [-0.15, -0.1) is 0 Å². The lowest BCUT2D eigenvalue weighted by atomic mass is 9.93. The minimum absolute atomic E-state index is 0.0864. The first-order chi connectivity index (χ1) is 10.5. The number of carbonyl (C=O) groups excluding carboxylic acids is 1. The van der Waals surface area contributed by atoms with Gasteiger partial charge in [-0.3, -0.25) is 9.59 Å². The molecule has 22 heavy (non-hydrogen) atoms. The molecule has 2 heterocycles. The minimum atomic E-state index is -1.06. The maximum Gasteiger partial charge on any atom is 0.303 e. The zero-order valence-electron chi connectivity index (χ0n) is 12.2. The first-order valence-electron chi connectivity index (χ1n) is 7.21. The van der Waals surface area contributed by atoms with Crippen LogP contribution in [0.4, 0.5) is 5.95 Å². The van der Waals surface area contributed by atoms with Gasteiger partial charge in [-0.1, -0.05) is 0 Å². The number of piperidine rings is 1. The van der Waals surface area contributed by atoms with Gasteiger partial charge in [0.25, 0.3) is 0 Å². The summed E-state index contributed by atoms with van der Waals surface area (Å²) in [5.41, 5.74) is -1.06. The number of nitrogens with zero attached hydrogens (tertiary/aromatic N) is 3. The van der Waals surface area contributed by atoms with Crippen molar-refractivity contribution in [1.29, 1.82) is 0 Å². The van der Waals surface area contributed by atoms with Gasteiger partial charge in [-0.05, 0) is 18.9 Å². The first-order valence-corrected chi connectivity index (χ1v) is 7.21. The molecule has 2 rings (SSSR count). The summed E-state index contributed by atoms with van der Waals surface area (Å²) in [6, 6.07) is 1.72. The first kappa shape index (κ1) is 16.2. The highest BCUT2D eigenvalue weighted by Gasteiger charge is 2.34. The molecule has 3 N–H and O–H groups in total. The Morgan fingerprint density at radius 2 is 2.05 bits per heavy atom. The van der Waals surface area contributed by atoms with Gasteiger partial charge in [0, 0.05) is 31.9 Å². The number of carbonyl (C=O) groups is 2. The number of carboxylic acid groups (broad SMARTS) is 1. The van der Waals surface area contributed by atoms with Crippen molar-refractivity contribution in [2.24, 2.45) is 0 Å². The number of nitrogens with one attached hydrogen (secondary N) is 1. The van der Waals surface area contributed by atoms with Crippen LogP contribution in [-0.2, 0) is 9.59 Å². The van der Waals surface area contributed by atoms with Crippen molar-refractivity contribution in [2.45, 2.75) is 31.3 Å². The summed E-state index contributed by atoms with van der Waals surface area (Å²) in [7, 11) is 0. The second-order valence-corrected chi connectivity index (χ2v) is 5.47. The summed E-state index contributed by atoms with van der Waals surface area (Å²) in [5.74, 6) is -0.833. The van der Waals surface area contributed by atoms with E-state index in [0.29, 0.717) is 18.9 Å². The molecule has 1 aliphatic heterocycles. The van der Waals surface area contributed by atoms with Crippen LogP contribution in [0.2, 0.25) is 0 Å². The van der Waals surface area contributed by atoms with E-state index < -0.39 is 11.6 Å². The van der Waals surface area contributed by atoms with Crippen LogP contribution >= 0.6 is 0 Å². The number of aromatic nitrogens is 2. The van der Waals surface area contributed by atoms with Crippen LogP contribution in [0.25, 0.3) is 0 Å². The van der Waals surface area contributed by atoms with Crippen molar-refractivity contribution in [2.75, 3.05) is 24.5 Å². The summed E-state index contributed by atoms with van der Waals surface area (Å²) in [4.78, 5) is 32.2. The molecule has 1 fully saturated rings. The van der Waals surface area contributed by atoms with Gasteiger partial charge in [0.2, 0.25) is 11.9 Å². The van der Waals surface area contributed by atoms with Crippen molar-refractivity contribution in [3.63, 3.8) is 0 Å². The van der Waals surface area contributed by atoms with Gasteiger partial charge in [0.15, 0.2) is 0 Å². The van der Waals surface area contributed by atoms with Gasteiger partial charge in [-0.25, -0.2) is 9.97 Å². The van der Waals surface area contributed by atoms with Crippen LogP contribution in [0.3, 0.4) is 0 Å². The number of β-amino-alcohol motifs (C(OH)–C–C–N with tert-alkyl or cyclic N) is 1. The normalized spacial score (nSPS) is 21.4. The van der Waals surface area contributed by atoms with E-state index in [-0.39, 0.29) is 25.3 Å². The fraction of sp³-hybridized carbons (Fsp3) is 0.571. The summed E-state index contributed by atoms with van der Waals surface area (Å²) in [6.45, 7) is 1.17. The molecule has 1 aromatic heterocycles. The molecule has 120 valence electrons. The van der Waals surface area contributed by atoms with E-state index in [4.69, 9.17) is 5.11 Å². The molecule has 8 heteroatoms. The van der Waals surface area contributed by atoms with Crippen LogP contribution in [0.1, 0.15) is 25.7 Å². The molecule has 0 radical (unpaired) electrons. The van der Waals surface area contributed by atoms with Crippen LogP contribution in [0.15, 0.2) is 18.5 Å². The van der Waals surface area contributed by atoms with Crippen molar-refractivity contribution in [3.8, 4) is 0 Å².